The lowest BCUT2D eigenvalue weighted by molar-refractivity contribution is -0.116. The molecular formula is C21H25N5O2S. The van der Waals surface area contributed by atoms with Crippen LogP contribution in [0.3, 0.4) is 0 Å². The van der Waals surface area contributed by atoms with Crippen LogP contribution < -0.4 is 21.5 Å². The van der Waals surface area contributed by atoms with E-state index in [0.29, 0.717) is 29.4 Å². The summed E-state index contributed by atoms with van der Waals surface area (Å²) in [6.45, 7) is 2.96. The lowest BCUT2D eigenvalue weighted by atomic mass is 10.0. The highest BCUT2D eigenvalue weighted by molar-refractivity contribution is 7.18. The highest BCUT2D eigenvalue weighted by Crippen LogP contribution is 2.41. The minimum atomic E-state index is -0.00567. The third-order valence-corrected chi connectivity index (χ3v) is 6.31. The number of fused-ring (bicyclic) bond motifs is 1. The summed E-state index contributed by atoms with van der Waals surface area (Å²) in [6, 6.07) is 5.63. The van der Waals surface area contributed by atoms with Crippen molar-refractivity contribution < 1.29 is 9.53 Å². The Morgan fingerprint density at radius 2 is 2.10 bits per heavy atom. The molecule has 0 spiro atoms. The highest BCUT2D eigenvalue weighted by Gasteiger charge is 2.17. The maximum Gasteiger partial charge on any atom is 0.225 e. The molecule has 0 bridgehead atoms. The second-order valence-corrected chi connectivity index (χ2v) is 8.09. The van der Waals surface area contributed by atoms with Crippen LogP contribution in [0.4, 0.5) is 17.2 Å². The van der Waals surface area contributed by atoms with Crippen molar-refractivity contribution in [2.24, 2.45) is 0 Å². The predicted molar refractivity (Wildman–Crippen MR) is 119 cm³/mol. The average Bonchev–Trinajstić information content (AvgIpc) is 3.39. The molecule has 1 aromatic carbocycles. The minimum Gasteiger partial charge on any atom is -0.495 e. The van der Waals surface area contributed by atoms with Gasteiger partial charge < -0.3 is 26.4 Å². The maximum absolute atomic E-state index is 12.5. The fraction of sp³-hybridized carbons (Fsp3) is 0.333. The van der Waals surface area contributed by atoms with Gasteiger partial charge in [-0.15, -0.1) is 11.3 Å². The number of carbonyl (C=O) groups excluding carboxylic acids is 1. The number of likely N-dealkylation sites (tertiary alicyclic amines) is 1. The largest absolute Gasteiger partial charge is 0.495 e. The quantitative estimate of drug-likeness (QED) is 0.536. The van der Waals surface area contributed by atoms with Crippen LogP contribution in [0, 0.1) is 0 Å². The molecule has 3 heterocycles. The number of hydrogen-bond donors (Lipinski definition) is 3. The fourth-order valence-corrected chi connectivity index (χ4v) is 4.78. The first-order chi connectivity index (χ1) is 14.1. The van der Waals surface area contributed by atoms with Gasteiger partial charge in [0.1, 0.15) is 11.6 Å². The Labute approximate surface area is 173 Å². The topological polar surface area (TPSA) is 106 Å². The van der Waals surface area contributed by atoms with E-state index in [2.05, 4.69) is 15.2 Å². The number of ether oxygens (including phenoxy) is 1. The normalized spacial score (nSPS) is 14.4. The summed E-state index contributed by atoms with van der Waals surface area (Å²) < 4.78 is 6.26. The zero-order valence-corrected chi connectivity index (χ0v) is 17.2. The van der Waals surface area contributed by atoms with Crippen molar-refractivity contribution >= 4 is 44.5 Å². The van der Waals surface area contributed by atoms with Crippen LogP contribution in [0.15, 0.2) is 29.8 Å². The first-order valence-electron chi connectivity index (χ1n) is 9.68. The van der Waals surface area contributed by atoms with Gasteiger partial charge in [-0.2, -0.15) is 0 Å². The van der Waals surface area contributed by atoms with Crippen LogP contribution in [-0.4, -0.2) is 42.5 Å². The van der Waals surface area contributed by atoms with Crippen LogP contribution in [0.1, 0.15) is 19.3 Å². The Morgan fingerprint density at radius 3 is 2.86 bits per heavy atom. The Morgan fingerprint density at radius 1 is 1.31 bits per heavy atom. The van der Waals surface area contributed by atoms with Crippen molar-refractivity contribution in [3.05, 3.63) is 29.8 Å². The molecule has 0 radical (unpaired) electrons. The van der Waals surface area contributed by atoms with Gasteiger partial charge in [-0.05, 0) is 43.6 Å². The van der Waals surface area contributed by atoms with Crippen molar-refractivity contribution in [1.29, 1.82) is 0 Å². The molecule has 2 aromatic heterocycles. The summed E-state index contributed by atoms with van der Waals surface area (Å²) in [5.74, 6) is 1.04. The summed E-state index contributed by atoms with van der Waals surface area (Å²) in [5, 5.41) is 5.87. The van der Waals surface area contributed by atoms with Gasteiger partial charge in [0.2, 0.25) is 5.91 Å². The second kappa shape index (κ2) is 8.26. The summed E-state index contributed by atoms with van der Waals surface area (Å²) in [4.78, 5) is 19.1. The number of hydrogen-bond acceptors (Lipinski definition) is 7. The van der Waals surface area contributed by atoms with Gasteiger partial charge in [0, 0.05) is 29.3 Å². The average molecular weight is 412 g/mol. The van der Waals surface area contributed by atoms with Crippen molar-refractivity contribution in [1.82, 2.24) is 9.88 Å². The van der Waals surface area contributed by atoms with Gasteiger partial charge in [0.05, 0.1) is 29.4 Å². The van der Waals surface area contributed by atoms with Crippen molar-refractivity contribution in [3.63, 3.8) is 0 Å². The molecule has 7 nitrogen and oxygen atoms in total. The Kier molecular flexibility index (Phi) is 5.55. The molecule has 1 aliphatic rings. The van der Waals surface area contributed by atoms with E-state index in [1.54, 1.807) is 13.3 Å². The molecule has 0 unspecified atom stereocenters. The SMILES string of the molecule is COc1cc(-c2csc3c(NC(=O)CCN4CCCC4)cnc(N)c23)ccc1N. The number of nitrogens with two attached hydrogens (primary N) is 2. The molecule has 3 aromatic rings. The summed E-state index contributed by atoms with van der Waals surface area (Å²) in [6.07, 6.45) is 4.55. The lowest BCUT2D eigenvalue weighted by Crippen LogP contribution is -2.25. The number of amides is 1. The Bertz CT molecular complexity index is 1040. The molecular weight excluding hydrogens is 386 g/mol. The molecule has 1 fully saturated rings. The van der Waals surface area contributed by atoms with Gasteiger partial charge >= 0.3 is 0 Å². The molecule has 1 amide bonds. The number of methoxy groups -OCH3 is 1. The Balaban J connectivity index is 1.60. The standard InChI is InChI=1S/C21H25N5O2S/c1-28-17-10-13(4-5-15(17)22)14-12-29-20-16(11-24-21(23)19(14)20)25-18(27)6-9-26-7-2-3-8-26/h4-5,10-12H,2-3,6-9,22H2,1H3,(H2,23,24)(H,25,27). The number of nitrogens with zero attached hydrogens (tertiary/aromatic N) is 2. The number of thiophene rings is 1. The summed E-state index contributed by atoms with van der Waals surface area (Å²) in [7, 11) is 1.59. The predicted octanol–water partition coefficient (Wildman–Crippen LogP) is 3.56. The molecule has 1 saturated heterocycles. The monoisotopic (exact) mass is 411 g/mol. The van der Waals surface area contributed by atoms with Gasteiger partial charge in [-0.1, -0.05) is 6.07 Å². The van der Waals surface area contributed by atoms with E-state index < -0.39 is 0 Å². The van der Waals surface area contributed by atoms with E-state index in [0.717, 1.165) is 40.8 Å². The zero-order valence-electron chi connectivity index (χ0n) is 16.4. The second-order valence-electron chi connectivity index (χ2n) is 7.21. The molecule has 0 saturated carbocycles. The van der Waals surface area contributed by atoms with E-state index in [4.69, 9.17) is 16.2 Å². The van der Waals surface area contributed by atoms with Crippen LogP contribution in [0.5, 0.6) is 5.75 Å². The van der Waals surface area contributed by atoms with Gasteiger partial charge in [0.15, 0.2) is 0 Å². The van der Waals surface area contributed by atoms with Crippen molar-refractivity contribution in [3.8, 4) is 16.9 Å². The fourth-order valence-electron chi connectivity index (χ4n) is 3.73. The number of anilines is 3. The first-order valence-corrected chi connectivity index (χ1v) is 10.6. The number of nitrogen functional groups attached to an aromatic ring is 2. The number of carbonyl (C=O) groups is 1. The van der Waals surface area contributed by atoms with Gasteiger partial charge in [-0.25, -0.2) is 4.98 Å². The van der Waals surface area contributed by atoms with Crippen molar-refractivity contribution in [2.45, 2.75) is 19.3 Å². The van der Waals surface area contributed by atoms with E-state index in [1.807, 2.05) is 23.6 Å². The van der Waals surface area contributed by atoms with Crippen molar-refractivity contribution in [2.75, 3.05) is 43.5 Å². The van der Waals surface area contributed by atoms with E-state index in [9.17, 15) is 4.79 Å². The third-order valence-electron chi connectivity index (χ3n) is 5.30. The summed E-state index contributed by atoms with van der Waals surface area (Å²) >= 11 is 1.54. The maximum atomic E-state index is 12.5. The van der Waals surface area contributed by atoms with Gasteiger partial charge in [-0.3, -0.25) is 4.79 Å². The van der Waals surface area contributed by atoms with E-state index in [-0.39, 0.29) is 5.91 Å². The number of aromatic nitrogens is 1. The lowest BCUT2D eigenvalue weighted by Gasteiger charge is -2.14. The van der Waals surface area contributed by atoms with E-state index in [1.165, 1.54) is 24.2 Å². The Hall–Kier alpha value is -2.84. The smallest absolute Gasteiger partial charge is 0.225 e. The van der Waals surface area contributed by atoms with Crippen LogP contribution in [0.2, 0.25) is 0 Å². The number of nitrogens with one attached hydrogen (secondary N) is 1. The molecule has 0 atom stereocenters. The molecule has 4 rings (SSSR count). The molecule has 0 aliphatic carbocycles. The molecule has 152 valence electrons. The third kappa shape index (κ3) is 3.99. The number of pyridine rings is 1. The van der Waals surface area contributed by atoms with Crippen LogP contribution >= 0.6 is 11.3 Å². The van der Waals surface area contributed by atoms with Crippen LogP contribution in [0.25, 0.3) is 21.2 Å². The number of benzene rings is 1. The van der Waals surface area contributed by atoms with E-state index >= 15 is 0 Å². The molecule has 5 N–H and O–H groups in total. The van der Waals surface area contributed by atoms with Crippen LogP contribution in [-0.2, 0) is 4.79 Å². The minimum absolute atomic E-state index is 0.00567. The summed E-state index contributed by atoms with van der Waals surface area (Å²) in [5.41, 5.74) is 15.3. The molecule has 8 heteroatoms. The van der Waals surface area contributed by atoms with Gasteiger partial charge in [0.25, 0.3) is 0 Å². The molecule has 29 heavy (non-hydrogen) atoms. The first kappa shape index (κ1) is 19.5. The zero-order chi connectivity index (χ0) is 20.4. The highest BCUT2D eigenvalue weighted by atomic mass is 32.1. The number of rotatable bonds is 6. The molecule has 1 aliphatic heterocycles.